The molecule has 0 saturated heterocycles. The number of hydrazone groups is 1. The van der Waals surface area contributed by atoms with Crippen LogP contribution >= 0.6 is 11.6 Å². The van der Waals surface area contributed by atoms with Gasteiger partial charge in [-0.05, 0) is 47.5 Å². The van der Waals surface area contributed by atoms with Crippen LogP contribution in [-0.4, -0.2) is 31.6 Å². The van der Waals surface area contributed by atoms with Gasteiger partial charge in [0.2, 0.25) is 5.96 Å². The summed E-state index contributed by atoms with van der Waals surface area (Å²) in [6, 6.07) is 21.3. The van der Waals surface area contributed by atoms with Crippen molar-refractivity contribution in [3.05, 3.63) is 101 Å². The van der Waals surface area contributed by atoms with E-state index in [0.717, 1.165) is 41.1 Å². The maximum absolute atomic E-state index is 13.1. The highest BCUT2D eigenvalue weighted by Gasteiger charge is 2.31. The van der Waals surface area contributed by atoms with E-state index in [4.69, 9.17) is 17.3 Å². The third-order valence-corrected chi connectivity index (χ3v) is 6.39. The van der Waals surface area contributed by atoms with Crippen molar-refractivity contribution in [1.29, 1.82) is 0 Å². The van der Waals surface area contributed by atoms with Gasteiger partial charge in [0.05, 0.1) is 17.2 Å². The van der Waals surface area contributed by atoms with E-state index in [2.05, 4.69) is 9.50 Å². The van der Waals surface area contributed by atoms with Crippen LogP contribution in [0, 0.1) is 5.82 Å². The Kier molecular flexibility index (Phi) is 5.75. The van der Waals surface area contributed by atoms with Crippen molar-refractivity contribution < 1.29 is 12.8 Å². The molecule has 2 N–H and O–H groups in total. The quantitative estimate of drug-likeness (QED) is 0.475. The molecule has 1 aliphatic rings. The van der Waals surface area contributed by atoms with Crippen LogP contribution in [0.2, 0.25) is 5.02 Å². The summed E-state index contributed by atoms with van der Waals surface area (Å²) in [5.41, 5.74) is 8.60. The van der Waals surface area contributed by atoms with Crippen LogP contribution in [0.5, 0.6) is 0 Å². The lowest BCUT2D eigenvalue weighted by atomic mass is 9.91. The highest BCUT2D eigenvalue weighted by molar-refractivity contribution is 7.90. The summed E-state index contributed by atoms with van der Waals surface area (Å²) in [6.07, 6.45) is 0. The zero-order valence-electron chi connectivity index (χ0n) is 16.2. The van der Waals surface area contributed by atoms with Gasteiger partial charge in [-0.2, -0.15) is 13.5 Å². The maximum atomic E-state index is 13.1. The molecule has 0 fully saturated rings. The van der Waals surface area contributed by atoms with Crippen LogP contribution in [-0.2, 0) is 10.0 Å². The van der Waals surface area contributed by atoms with Crippen LogP contribution in [0.4, 0.5) is 4.39 Å². The van der Waals surface area contributed by atoms with Crippen molar-refractivity contribution in [1.82, 2.24) is 5.01 Å². The third kappa shape index (κ3) is 4.60. The van der Waals surface area contributed by atoms with Crippen molar-refractivity contribution in [2.24, 2.45) is 15.2 Å². The van der Waals surface area contributed by atoms with Gasteiger partial charge in [0.1, 0.15) is 5.82 Å². The first-order chi connectivity index (χ1) is 14.8. The van der Waals surface area contributed by atoms with Gasteiger partial charge in [0, 0.05) is 10.9 Å². The smallest absolute Gasteiger partial charge is 0.285 e. The van der Waals surface area contributed by atoms with E-state index in [-0.39, 0.29) is 16.8 Å². The van der Waals surface area contributed by atoms with Gasteiger partial charge in [-0.25, -0.2) is 9.40 Å². The second-order valence-electron chi connectivity index (χ2n) is 6.92. The fourth-order valence-electron chi connectivity index (χ4n) is 3.30. The molecule has 0 saturated carbocycles. The van der Waals surface area contributed by atoms with Crippen molar-refractivity contribution in [2.45, 2.75) is 10.8 Å². The van der Waals surface area contributed by atoms with Crippen molar-refractivity contribution in [2.75, 3.05) is 6.54 Å². The molecular formula is C22H18ClFN4O2S. The molecule has 3 aromatic carbocycles. The van der Waals surface area contributed by atoms with Gasteiger partial charge < -0.3 is 5.73 Å². The number of sulfonamides is 1. The monoisotopic (exact) mass is 456 g/mol. The second-order valence-corrected chi connectivity index (χ2v) is 8.96. The summed E-state index contributed by atoms with van der Waals surface area (Å²) in [5, 5.41) is 6.53. The first-order valence-corrected chi connectivity index (χ1v) is 11.2. The molecule has 4 rings (SSSR count). The molecule has 3 aromatic rings. The zero-order chi connectivity index (χ0) is 22.0. The Morgan fingerprint density at radius 3 is 2.32 bits per heavy atom. The minimum atomic E-state index is -4.12. The number of rotatable bonds is 4. The molecule has 0 bridgehead atoms. The fourth-order valence-corrected chi connectivity index (χ4v) is 4.35. The molecule has 6 nitrogen and oxygen atoms in total. The molecule has 0 aliphatic carbocycles. The van der Waals surface area contributed by atoms with Crippen molar-refractivity contribution >= 4 is 33.3 Å². The highest BCUT2D eigenvalue weighted by atomic mass is 35.5. The van der Waals surface area contributed by atoms with Crippen LogP contribution in [0.3, 0.4) is 0 Å². The highest BCUT2D eigenvalue weighted by Crippen LogP contribution is 2.29. The van der Waals surface area contributed by atoms with Gasteiger partial charge in [-0.3, -0.25) is 0 Å². The Labute approximate surface area is 184 Å². The number of guanidine groups is 1. The summed E-state index contributed by atoms with van der Waals surface area (Å²) in [6.45, 7) is 0.316. The molecule has 1 aliphatic heterocycles. The molecule has 1 atom stereocenters. The molecule has 0 radical (unpaired) electrons. The largest absolute Gasteiger partial charge is 0.367 e. The van der Waals surface area contributed by atoms with Gasteiger partial charge in [0.15, 0.2) is 0 Å². The van der Waals surface area contributed by atoms with E-state index >= 15 is 0 Å². The topological polar surface area (TPSA) is 88.1 Å². The van der Waals surface area contributed by atoms with Crippen LogP contribution in [0.25, 0.3) is 0 Å². The minimum Gasteiger partial charge on any atom is -0.367 e. The average Bonchev–Trinajstić information content (AvgIpc) is 3.21. The predicted octanol–water partition coefficient (Wildman–Crippen LogP) is 3.99. The number of benzene rings is 3. The molecule has 0 spiro atoms. The van der Waals surface area contributed by atoms with Gasteiger partial charge in [-0.1, -0.05) is 54.1 Å². The average molecular weight is 457 g/mol. The maximum Gasteiger partial charge on any atom is 0.285 e. The first-order valence-electron chi connectivity index (χ1n) is 9.36. The fraction of sp³-hybridized carbons (Fsp3) is 0.0909. The zero-order valence-corrected chi connectivity index (χ0v) is 17.8. The summed E-state index contributed by atoms with van der Waals surface area (Å²) in [5.74, 6) is -0.961. The predicted molar refractivity (Wildman–Crippen MR) is 119 cm³/mol. The van der Waals surface area contributed by atoms with Crippen LogP contribution in [0.1, 0.15) is 17.0 Å². The molecule has 0 amide bonds. The second kappa shape index (κ2) is 8.49. The van der Waals surface area contributed by atoms with Crippen molar-refractivity contribution in [3.63, 3.8) is 0 Å². The van der Waals surface area contributed by atoms with E-state index in [1.54, 1.807) is 12.1 Å². The van der Waals surface area contributed by atoms with Gasteiger partial charge in [0.25, 0.3) is 10.0 Å². The van der Waals surface area contributed by atoms with Gasteiger partial charge in [-0.15, -0.1) is 4.40 Å². The van der Waals surface area contributed by atoms with Crippen molar-refractivity contribution in [3.8, 4) is 0 Å². The SMILES string of the molecule is N/C(=N\S(=O)(=O)c1ccc(F)cc1)N1CC(c2ccccc2)C(c2ccc(Cl)cc2)=N1. The van der Waals surface area contributed by atoms with E-state index in [0.29, 0.717) is 11.6 Å². The summed E-state index contributed by atoms with van der Waals surface area (Å²) >= 11 is 6.01. The Morgan fingerprint density at radius 2 is 1.68 bits per heavy atom. The number of nitrogens with zero attached hydrogens (tertiary/aromatic N) is 3. The normalized spacial score (nSPS) is 17.0. The summed E-state index contributed by atoms with van der Waals surface area (Å²) < 4.78 is 42.0. The molecule has 1 unspecified atom stereocenters. The number of nitrogens with two attached hydrogens (primary N) is 1. The third-order valence-electron chi connectivity index (χ3n) is 4.85. The minimum absolute atomic E-state index is 0.148. The van der Waals surface area contributed by atoms with Gasteiger partial charge >= 0.3 is 0 Å². The van der Waals surface area contributed by atoms with E-state index in [1.807, 2.05) is 42.5 Å². The number of halogens is 2. The Morgan fingerprint density at radius 1 is 1.03 bits per heavy atom. The standard InChI is InChI=1S/C22H18ClFN4O2S/c23-17-8-6-16(7-9-17)21-20(15-4-2-1-3-5-15)14-28(26-21)22(25)27-31(29,30)19-12-10-18(24)11-13-19/h1-13,20H,14H2,(H2,25,27). The lowest BCUT2D eigenvalue weighted by Gasteiger charge is -2.15. The molecule has 158 valence electrons. The lowest BCUT2D eigenvalue weighted by Crippen LogP contribution is -2.33. The molecule has 0 aromatic heterocycles. The molecular weight excluding hydrogens is 439 g/mol. The molecule has 31 heavy (non-hydrogen) atoms. The number of hydrogen-bond acceptors (Lipinski definition) is 3. The Bertz CT molecular complexity index is 1240. The summed E-state index contributed by atoms with van der Waals surface area (Å²) in [4.78, 5) is -0.155. The molecule has 1 heterocycles. The van der Waals surface area contributed by atoms with E-state index in [1.165, 1.54) is 5.01 Å². The van der Waals surface area contributed by atoms with E-state index < -0.39 is 15.8 Å². The summed E-state index contributed by atoms with van der Waals surface area (Å²) in [7, 11) is -4.12. The Balaban J connectivity index is 1.70. The molecule has 9 heteroatoms. The van der Waals surface area contributed by atoms with Crippen LogP contribution in [0.15, 0.2) is 93.3 Å². The van der Waals surface area contributed by atoms with E-state index in [9.17, 15) is 12.8 Å². The number of hydrogen-bond donors (Lipinski definition) is 1. The lowest BCUT2D eigenvalue weighted by molar-refractivity contribution is 0.470. The Hall–Kier alpha value is -3.23. The first kappa shape index (κ1) is 21.0. The van der Waals surface area contributed by atoms with Crippen LogP contribution < -0.4 is 5.73 Å².